The van der Waals surface area contributed by atoms with E-state index in [9.17, 15) is 0 Å². The van der Waals surface area contributed by atoms with E-state index in [1.165, 1.54) is 0 Å². The Morgan fingerprint density at radius 3 is 0.559 bits per heavy atom. The first-order valence-corrected chi connectivity index (χ1v) is 29.5. The zero-order valence-corrected chi connectivity index (χ0v) is 52.5. The summed E-state index contributed by atoms with van der Waals surface area (Å²) in [6.45, 7) is 4.70. The van der Waals surface area contributed by atoms with Crippen LogP contribution >= 0.6 is 0 Å². The highest BCUT2D eigenvalue weighted by molar-refractivity contribution is 4.66. The third-order valence-electron chi connectivity index (χ3n) is 10.7. The van der Waals surface area contributed by atoms with Crippen LogP contribution in [-0.4, -0.2) is 314 Å². The minimum absolute atomic E-state index is 0.00150. The van der Waals surface area contributed by atoms with Gasteiger partial charge >= 0.3 is 0 Å². The van der Waals surface area contributed by atoms with Gasteiger partial charge in [0, 0.05) is 85.1 Å². The molecule has 0 saturated carbocycles. The lowest BCUT2D eigenvalue weighted by Gasteiger charge is -2.24. The summed E-state index contributed by atoms with van der Waals surface area (Å²) < 4.78 is 111. The molecule has 45 nitrogen and oxygen atoms in total. The van der Waals surface area contributed by atoms with Gasteiger partial charge in [0.25, 0.3) is 0 Å². The number of rotatable bonds is 76. The second-order valence-electron chi connectivity index (χ2n) is 17.7. The highest BCUT2D eigenvalue weighted by Gasteiger charge is 2.21. The monoisotopic (exact) mass is 1340 g/mol. The maximum absolute atomic E-state index is 8.66. The predicted octanol–water partition coefficient (Wildman–Crippen LogP) is 5.94. The van der Waals surface area contributed by atoms with Crippen LogP contribution in [0.15, 0.2) is 40.9 Å². The topological polar surface area (TPSA) is 584 Å². The highest BCUT2D eigenvalue weighted by Crippen LogP contribution is 2.07. The number of hydrogen-bond donors (Lipinski definition) is 0. The van der Waals surface area contributed by atoms with Gasteiger partial charge in [0.15, 0.2) is 0 Å². The summed E-state index contributed by atoms with van der Waals surface area (Å²) in [4.78, 5) is 32.1. The van der Waals surface area contributed by atoms with Crippen LogP contribution in [-0.2, 0) is 99.8 Å². The van der Waals surface area contributed by atoms with Gasteiger partial charge in [0.1, 0.15) is 43.2 Å². The third-order valence-corrected chi connectivity index (χ3v) is 10.7. The largest absolute Gasteiger partial charge is 0.379 e. The van der Waals surface area contributed by atoms with Crippen LogP contribution in [0.25, 0.3) is 83.5 Å². The molecule has 0 radical (unpaired) electrons. The lowest BCUT2D eigenvalue weighted by Crippen LogP contribution is -2.35. The van der Waals surface area contributed by atoms with Gasteiger partial charge in [-0.15, -0.1) is 0 Å². The molecular formula is C48H90N24O21. The summed E-state index contributed by atoms with van der Waals surface area (Å²) in [5.41, 5.74) is 68.7. The van der Waals surface area contributed by atoms with Crippen molar-refractivity contribution in [2.45, 2.75) is 36.6 Å². The van der Waals surface area contributed by atoms with Crippen molar-refractivity contribution in [3.05, 3.63) is 83.5 Å². The molecule has 0 heterocycles. The number of azide groups is 8. The third kappa shape index (κ3) is 65.5. The predicted molar refractivity (Wildman–Crippen MR) is 323 cm³/mol. The summed E-state index contributed by atoms with van der Waals surface area (Å²) in [5.74, 6) is 0. The molecule has 6 unspecified atom stereocenters. The SMILES string of the molecule is [N-]=[N+]=NCCOCCOCC(COCC(COCC(COCC(COCC(COCC(COOCCN=[N+]=[N-])OCCOCCN=[N+]=[N-])OCCOCCN=[N+]=[N-])OCCOCCN=[N+]=[N-])OCCOCCN=[N+]=[N-])OCCOCCN=[N+]=[N-])OCCOCCN=[N+]=[N-]. The molecule has 0 spiro atoms. The Balaban J connectivity index is 6.28. The molecule has 0 aromatic carbocycles. The standard InChI is InChI=1S/C48H90N24O21/c49-65-57-1-9-73-17-18-80-31-43(86-25-19-74-10-2-58-66-50)32-81-33-44(87-26-20-75-11-3-59-67-51)34-82-35-45(88-27-21-76-12-4-60-68-52)36-83-37-46(89-28-22-77-13-5-61-69-53)38-84-39-47(90-29-23-78-14-6-62-70-54)40-85-41-48(42-93-92-16-8-64-72-56)91-30-24-79-15-7-63-71-55/h43-48H,1-42H2. The van der Waals surface area contributed by atoms with Crippen LogP contribution in [0.2, 0.25) is 0 Å². The summed E-state index contributed by atoms with van der Waals surface area (Å²) in [5, 5.41) is 27.6. The minimum Gasteiger partial charge on any atom is -0.379 e. The van der Waals surface area contributed by atoms with Crippen LogP contribution in [0.5, 0.6) is 0 Å². The fourth-order valence-corrected chi connectivity index (χ4v) is 6.57. The molecule has 93 heavy (non-hydrogen) atoms. The van der Waals surface area contributed by atoms with Crippen LogP contribution < -0.4 is 0 Å². The Labute approximate surface area is 536 Å². The van der Waals surface area contributed by atoms with Gasteiger partial charge in [-0.1, -0.05) is 40.9 Å². The molecular weight excluding hydrogens is 1250 g/mol. The van der Waals surface area contributed by atoms with E-state index in [0.717, 1.165) is 0 Å². The summed E-state index contributed by atoms with van der Waals surface area (Å²) in [6, 6.07) is 0. The van der Waals surface area contributed by atoms with E-state index in [1.54, 1.807) is 0 Å². The van der Waals surface area contributed by atoms with E-state index in [-0.39, 0.29) is 277 Å². The van der Waals surface area contributed by atoms with E-state index >= 15 is 0 Å². The Hall–Kier alpha value is -6.36. The summed E-state index contributed by atoms with van der Waals surface area (Å²) >= 11 is 0. The quantitative estimate of drug-likeness (QED) is 0.0170. The molecule has 0 saturated heterocycles. The number of hydrogen-bond acceptors (Lipinski definition) is 29. The summed E-state index contributed by atoms with van der Waals surface area (Å²) in [6.07, 6.45) is -3.91. The Morgan fingerprint density at radius 2 is 0.344 bits per heavy atom. The fourth-order valence-electron chi connectivity index (χ4n) is 6.57. The fraction of sp³-hybridized carbons (Fsp3) is 1.00. The minimum atomic E-state index is -0.688. The van der Waals surface area contributed by atoms with Gasteiger partial charge in [-0.3, -0.25) is 0 Å². The van der Waals surface area contributed by atoms with Gasteiger partial charge in [0.2, 0.25) is 0 Å². The average Bonchev–Trinajstić information content (AvgIpc) is 3.69. The molecule has 0 aromatic rings. The van der Waals surface area contributed by atoms with Gasteiger partial charge in [0.05, 0.1) is 225 Å². The van der Waals surface area contributed by atoms with Crippen LogP contribution in [0.1, 0.15) is 0 Å². The zero-order chi connectivity index (χ0) is 67.3. The molecule has 45 heteroatoms. The highest BCUT2D eigenvalue weighted by atomic mass is 17.2. The molecule has 0 aromatic heterocycles. The molecule has 0 aliphatic heterocycles. The van der Waals surface area contributed by atoms with Crippen molar-refractivity contribution in [1.29, 1.82) is 0 Å². The first-order valence-electron chi connectivity index (χ1n) is 29.5. The van der Waals surface area contributed by atoms with E-state index in [0.29, 0.717) is 0 Å². The van der Waals surface area contributed by atoms with E-state index in [1.807, 2.05) is 0 Å². The molecule has 0 bridgehead atoms. The van der Waals surface area contributed by atoms with Crippen molar-refractivity contribution in [2.75, 3.05) is 277 Å². The Kier molecular flexibility index (Phi) is 69.6. The van der Waals surface area contributed by atoms with E-state index < -0.39 is 36.6 Å². The summed E-state index contributed by atoms with van der Waals surface area (Å²) in [7, 11) is 0. The van der Waals surface area contributed by atoms with Gasteiger partial charge in [-0.2, -0.15) is 0 Å². The molecule has 0 fully saturated rings. The van der Waals surface area contributed by atoms with Gasteiger partial charge in [-0.05, 0) is 44.2 Å². The van der Waals surface area contributed by atoms with Crippen molar-refractivity contribution in [2.24, 2.45) is 40.9 Å². The smallest absolute Gasteiger partial charge is 0.111 e. The van der Waals surface area contributed by atoms with Gasteiger partial charge < -0.3 is 90.0 Å². The number of nitrogens with zero attached hydrogens (tertiary/aromatic N) is 24. The van der Waals surface area contributed by atoms with E-state index in [4.69, 9.17) is 144 Å². The lowest BCUT2D eigenvalue weighted by molar-refractivity contribution is -0.307. The molecule has 0 N–H and O–H groups in total. The molecule has 0 aliphatic rings. The molecule has 6 atom stereocenters. The normalized spacial score (nSPS) is 12.8. The van der Waals surface area contributed by atoms with Crippen LogP contribution in [0, 0.1) is 0 Å². The first-order chi connectivity index (χ1) is 46.0. The second kappa shape index (κ2) is 74.7. The lowest BCUT2D eigenvalue weighted by atomic mass is 10.3. The second-order valence-corrected chi connectivity index (χ2v) is 17.7. The maximum Gasteiger partial charge on any atom is 0.111 e. The van der Waals surface area contributed by atoms with Crippen molar-refractivity contribution in [1.82, 2.24) is 0 Å². The first kappa shape index (κ1) is 86.6. The van der Waals surface area contributed by atoms with Crippen LogP contribution in [0.4, 0.5) is 0 Å². The van der Waals surface area contributed by atoms with Gasteiger partial charge in [-0.25, -0.2) is 9.78 Å². The van der Waals surface area contributed by atoms with E-state index in [2.05, 4.69) is 80.2 Å². The molecule has 528 valence electrons. The molecule has 0 aliphatic carbocycles. The van der Waals surface area contributed by atoms with Crippen molar-refractivity contribution in [3.8, 4) is 0 Å². The molecule has 0 amide bonds. The number of ether oxygens (including phenoxy) is 19. The Bertz CT molecular complexity index is 2140. The van der Waals surface area contributed by atoms with Crippen molar-refractivity contribution >= 4 is 0 Å². The van der Waals surface area contributed by atoms with Crippen LogP contribution in [0.3, 0.4) is 0 Å². The Morgan fingerprint density at radius 1 is 0.172 bits per heavy atom. The average molecular weight is 1340 g/mol. The molecule has 0 rings (SSSR count). The maximum atomic E-state index is 8.66. The van der Waals surface area contributed by atoms with Crippen molar-refractivity contribution < 1.29 is 99.8 Å². The zero-order valence-electron chi connectivity index (χ0n) is 52.5. The van der Waals surface area contributed by atoms with Crippen molar-refractivity contribution in [3.63, 3.8) is 0 Å².